The summed E-state index contributed by atoms with van der Waals surface area (Å²) in [5.41, 5.74) is 11.6. The van der Waals surface area contributed by atoms with E-state index >= 15 is 0 Å². The molecule has 2 rings (SSSR count). The predicted molar refractivity (Wildman–Crippen MR) is 135 cm³/mol. The number of ether oxygens (including phenoxy) is 3. The number of carbonyl (C=O) groups is 2. The maximum atomic E-state index is 12.8. The van der Waals surface area contributed by atoms with Crippen molar-refractivity contribution in [2.45, 2.75) is 58.3 Å². The fraction of sp³-hybridized carbons (Fsp3) is 0.423. The van der Waals surface area contributed by atoms with Crippen LogP contribution in [0.25, 0.3) is 0 Å². The van der Waals surface area contributed by atoms with Gasteiger partial charge >= 0.3 is 12.1 Å². The Bertz CT molecular complexity index is 952. The number of benzene rings is 2. The average molecular weight is 485 g/mol. The molecular formula is C26H36N4O5. The van der Waals surface area contributed by atoms with E-state index in [4.69, 9.17) is 25.7 Å². The van der Waals surface area contributed by atoms with Gasteiger partial charge < -0.3 is 31.0 Å². The van der Waals surface area contributed by atoms with Gasteiger partial charge in [-0.2, -0.15) is 0 Å². The van der Waals surface area contributed by atoms with Crippen molar-refractivity contribution in [2.24, 2.45) is 16.5 Å². The third kappa shape index (κ3) is 11.8. The SMILES string of the molecule is CC(C)(C)OC(=O)NC(Cc1ccc(OCCCCN=C(N)N)cc1)C(=O)OCc1ccccc1. The van der Waals surface area contributed by atoms with Crippen LogP contribution >= 0.6 is 0 Å². The van der Waals surface area contributed by atoms with Crippen molar-refractivity contribution in [3.63, 3.8) is 0 Å². The van der Waals surface area contributed by atoms with Gasteiger partial charge in [0, 0.05) is 13.0 Å². The summed E-state index contributed by atoms with van der Waals surface area (Å²) in [6, 6.07) is 15.8. The zero-order valence-corrected chi connectivity index (χ0v) is 20.7. The van der Waals surface area contributed by atoms with Crippen molar-refractivity contribution in [3.05, 3.63) is 65.7 Å². The summed E-state index contributed by atoms with van der Waals surface area (Å²) in [6.45, 7) is 6.49. The number of nitrogens with two attached hydrogens (primary N) is 2. The molecule has 190 valence electrons. The standard InChI is InChI=1S/C26H36N4O5/c1-26(2,3)35-25(32)30-22(23(31)34-18-20-9-5-4-6-10-20)17-19-11-13-21(14-12-19)33-16-8-7-15-29-24(27)28/h4-6,9-14,22H,7-8,15-18H2,1-3H3,(H,30,32)(H4,27,28,29). The Balaban J connectivity index is 1.94. The van der Waals surface area contributed by atoms with Crippen molar-refractivity contribution in [1.82, 2.24) is 5.32 Å². The number of esters is 1. The van der Waals surface area contributed by atoms with Crippen LogP contribution in [-0.4, -0.2) is 42.8 Å². The van der Waals surface area contributed by atoms with Gasteiger partial charge in [0.2, 0.25) is 0 Å². The zero-order chi connectivity index (χ0) is 25.7. The molecule has 0 heterocycles. The first-order valence-electron chi connectivity index (χ1n) is 11.6. The summed E-state index contributed by atoms with van der Waals surface area (Å²) in [6.07, 6.45) is 1.19. The van der Waals surface area contributed by atoms with Crippen molar-refractivity contribution < 1.29 is 23.8 Å². The number of guanidine groups is 1. The fourth-order valence-electron chi connectivity index (χ4n) is 3.04. The smallest absolute Gasteiger partial charge is 0.408 e. The van der Waals surface area contributed by atoms with Crippen LogP contribution < -0.4 is 21.5 Å². The molecule has 5 N–H and O–H groups in total. The Morgan fingerprint density at radius 2 is 1.66 bits per heavy atom. The Hall–Kier alpha value is -3.75. The fourth-order valence-corrected chi connectivity index (χ4v) is 3.04. The summed E-state index contributed by atoms with van der Waals surface area (Å²) in [4.78, 5) is 29.1. The molecule has 0 aliphatic heterocycles. The topological polar surface area (TPSA) is 138 Å². The van der Waals surface area contributed by atoms with E-state index in [1.807, 2.05) is 54.6 Å². The lowest BCUT2D eigenvalue weighted by Gasteiger charge is -2.23. The highest BCUT2D eigenvalue weighted by Crippen LogP contribution is 2.15. The van der Waals surface area contributed by atoms with Crippen LogP contribution in [-0.2, 0) is 27.3 Å². The van der Waals surface area contributed by atoms with E-state index in [1.165, 1.54) is 0 Å². The van der Waals surface area contributed by atoms with Gasteiger partial charge in [0.05, 0.1) is 6.61 Å². The lowest BCUT2D eigenvalue weighted by molar-refractivity contribution is -0.147. The summed E-state index contributed by atoms with van der Waals surface area (Å²) in [7, 11) is 0. The van der Waals surface area contributed by atoms with E-state index in [2.05, 4.69) is 10.3 Å². The largest absolute Gasteiger partial charge is 0.494 e. The van der Waals surface area contributed by atoms with Crippen LogP contribution in [0.15, 0.2) is 59.6 Å². The number of unbranched alkanes of at least 4 members (excludes halogenated alkanes) is 1. The number of amides is 1. The Kier molecular flexibility index (Phi) is 10.9. The van der Waals surface area contributed by atoms with Crippen LogP contribution in [0.2, 0.25) is 0 Å². The number of hydrogen-bond donors (Lipinski definition) is 3. The second kappa shape index (κ2) is 13.8. The number of alkyl carbamates (subject to hydrolysis) is 1. The number of carbonyl (C=O) groups excluding carboxylic acids is 2. The summed E-state index contributed by atoms with van der Waals surface area (Å²) < 4.78 is 16.5. The molecular weight excluding hydrogens is 448 g/mol. The monoisotopic (exact) mass is 484 g/mol. The highest BCUT2D eigenvalue weighted by molar-refractivity contribution is 5.81. The normalized spacial score (nSPS) is 11.7. The second-order valence-electron chi connectivity index (χ2n) is 9.00. The summed E-state index contributed by atoms with van der Waals surface area (Å²) in [5, 5.41) is 2.64. The Morgan fingerprint density at radius 1 is 0.971 bits per heavy atom. The second-order valence-corrected chi connectivity index (χ2v) is 9.00. The third-order valence-corrected chi connectivity index (χ3v) is 4.68. The molecule has 1 amide bonds. The summed E-state index contributed by atoms with van der Waals surface area (Å²) in [5.74, 6) is 0.254. The minimum atomic E-state index is -0.907. The van der Waals surface area contributed by atoms with Crippen LogP contribution in [0, 0.1) is 0 Å². The van der Waals surface area contributed by atoms with Gasteiger partial charge in [-0.1, -0.05) is 42.5 Å². The molecule has 0 radical (unpaired) electrons. The first kappa shape index (κ1) is 27.5. The van der Waals surface area contributed by atoms with E-state index in [-0.39, 0.29) is 19.0 Å². The van der Waals surface area contributed by atoms with E-state index < -0.39 is 23.7 Å². The minimum Gasteiger partial charge on any atom is -0.494 e. The molecule has 1 unspecified atom stereocenters. The van der Waals surface area contributed by atoms with Gasteiger partial charge in [-0.25, -0.2) is 9.59 Å². The first-order valence-corrected chi connectivity index (χ1v) is 11.6. The molecule has 35 heavy (non-hydrogen) atoms. The molecule has 2 aromatic rings. The highest BCUT2D eigenvalue weighted by atomic mass is 16.6. The Labute approximate surface area is 206 Å². The maximum Gasteiger partial charge on any atom is 0.408 e. The first-order chi connectivity index (χ1) is 16.6. The van der Waals surface area contributed by atoms with Gasteiger partial charge in [-0.05, 0) is 56.9 Å². The van der Waals surface area contributed by atoms with Crippen molar-refractivity contribution in [3.8, 4) is 5.75 Å². The molecule has 0 aliphatic carbocycles. The number of aliphatic imine (C=N–C) groups is 1. The van der Waals surface area contributed by atoms with Crippen LogP contribution in [0.5, 0.6) is 5.75 Å². The number of rotatable bonds is 12. The van der Waals surface area contributed by atoms with Crippen molar-refractivity contribution in [2.75, 3.05) is 13.2 Å². The molecule has 0 aromatic heterocycles. The van der Waals surface area contributed by atoms with Crippen molar-refractivity contribution >= 4 is 18.0 Å². The lowest BCUT2D eigenvalue weighted by Crippen LogP contribution is -2.45. The highest BCUT2D eigenvalue weighted by Gasteiger charge is 2.26. The maximum absolute atomic E-state index is 12.8. The molecule has 0 aliphatic rings. The van der Waals surface area contributed by atoms with Gasteiger partial charge in [0.1, 0.15) is 24.0 Å². The zero-order valence-electron chi connectivity index (χ0n) is 20.7. The minimum absolute atomic E-state index is 0.0879. The number of hydrogen-bond acceptors (Lipinski definition) is 6. The molecule has 9 heteroatoms. The van der Waals surface area contributed by atoms with Crippen LogP contribution in [0.1, 0.15) is 44.7 Å². The van der Waals surface area contributed by atoms with Crippen LogP contribution in [0.3, 0.4) is 0 Å². The van der Waals surface area contributed by atoms with Gasteiger partial charge in [-0.3, -0.25) is 4.99 Å². The molecule has 0 saturated heterocycles. The van der Waals surface area contributed by atoms with Gasteiger partial charge in [0.25, 0.3) is 0 Å². The van der Waals surface area contributed by atoms with E-state index in [0.717, 1.165) is 24.0 Å². The predicted octanol–water partition coefficient (Wildman–Crippen LogP) is 3.30. The molecule has 0 saturated carbocycles. The third-order valence-electron chi connectivity index (χ3n) is 4.68. The van der Waals surface area contributed by atoms with Crippen molar-refractivity contribution in [1.29, 1.82) is 0 Å². The van der Waals surface area contributed by atoms with E-state index in [9.17, 15) is 9.59 Å². The van der Waals surface area contributed by atoms with Gasteiger partial charge in [0.15, 0.2) is 5.96 Å². The molecule has 0 fully saturated rings. The Morgan fingerprint density at radius 3 is 2.29 bits per heavy atom. The molecule has 0 spiro atoms. The summed E-state index contributed by atoms with van der Waals surface area (Å²) >= 11 is 0. The number of nitrogens with zero attached hydrogens (tertiary/aromatic N) is 1. The number of nitrogens with one attached hydrogen (secondary N) is 1. The van der Waals surface area contributed by atoms with Gasteiger partial charge in [-0.15, -0.1) is 0 Å². The molecule has 1 atom stereocenters. The van der Waals surface area contributed by atoms with E-state index in [1.54, 1.807) is 20.8 Å². The lowest BCUT2D eigenvalue weighted by atomic mass is 10.1. The van der Waals surface area contributed by atoms with Crippen LogP contribution in [0.4, 0.5) is 4.79 Å². The average Bonchev–Trinajstić information content (AvgIpc) is 2.79. The quantitative estimate of drug-likeness (QED) is 0.182. The molecule has 0 bridgehead atoms. The molecule has 2 aromatic carbocycles. The molecule has 9 nitrogen and oxygen atoms in total. The van der Waals surface area contributed by atoms with E-state index in [0.29, 0.717) is 18.9 Å².